The van der Waals surface area contributed by atoms with Crippen molar-refractivity contribution in [2.45, 2.75) is 18.2 Å². The summed E-state index contributed by atoms with van der Waals surface area (Å²) in [4.78, 5) is 0. The van der Waals surface area contributed by atoms with Crippen molar-refractivity contribution in [3.8, 4) is 0 Å². The van der Waals surface area contributed by atoms with Crippen molar-refractivity contribution in [1.29, 1.82) is 0 Å². The van der Waals surface area contributed by atoms with Gasteiger partial charge in [-0.1, -0.05) is 28.1 Å². The molecular weight excluding hydrogens is 344 g/mol. The van der Waals surface area contributed by atoms with Gasteiger partial charge in [-0.05, 0) is 36.9 Å². The summed E-state index contributed by atoms with van der Waals surface area (Å²) in [7, 11) is -2.16. The van der Waals surface area contributed by atoms with Crippen molar-refractivity contribution in [3.05, 3.63) is 52.2 Å². The van der Waals surface area contributed by atoms with E-state index in [-0.39, 0.29) is 5.09 Å². The van der Waals surface area contributed by atoms with Crippen molar-refractivity contribution in [2.75, 3.05) is 7.05 Å². The van der Waals surface area contributed by atoms with Crippen LogP contribution in [0.4, 0.5) is 0 Å². The number of halogens is 1. The van der Waals surface area contributed by atoms with Crippen LogP contribution in [-0.2, 0) is 23.1 Å². The number of benzene rings is 1. The summed E-state index contributed by atoms with van der Waals surface area (Å²) in [5.41, 5.74) is 1.14. The number of nitrogens with one attached hydrogen (secondary N) is 2. The Labute approximate surface area is 126 Å². The standard InChI is InChI=1S/C13H15BrN2O3S/c1-15-20(17,18)13-7-6-12(19-13)9-16-8-10-2-4-11(14)5-3-10/h2-7,15-16H,8-9H2,1H3. The van der Waals surface area contributed by atoms with Gasteiger partial charge in [0.25, 0.3) is 10.0 Å². The van der Waals surface area contributed by atoms with E-state index in [1.165, 1.54) is 13.1 Å². The Hall–Kier alpha value is -1.15. The molecule has 0 bridgehead atoms. The highest BCUT2D eigenvalue weighted by atomic mass is 79.9. The summed E-state index contributed by atoms with van der Waals surface area (Å²) in [5, 5.41) is 3.13. The van der Waals surface area contributed by atoms with E-state index < -0.39 is 10.0 Å². The van der Waals surface area contributed by atoms with Gasteiger partial charge in [0, 0.05) is 11.0 Å². The van der Waals surface area contributed by atoms with Gasteiger partial charge in [0.2, 0.25) is 5.09 Å². The van der Waals surface area contributed by atoms with Crippen LogP contribution >= 0.6 is 15.9 Å². The SMILES string of the molecule is CNS(=O)(=O)c1ccc(CNCc2ccc(Br)cc2)o1. The Balaban J connectivity index is 1.90. The predicted octanol–water partition coefficient (Wildman–Crippen LogP) is 2.24. The minimum Gasteiger partial charge on any atom is -0.447 e. The third kappa shape index (κ3) is 3.92. The van der Waals surface area contributed by atoms with Crippen LogP contribution in [0.15, 0.2) is 50.4 Å². The molecule has 0 saturated carbocycles. The Bertz CT molecular complexity index is 665. The van der Waals surface area contributed by atoms with Crippen molar-refractivity contribution >= 4 is 26.0 Å². The Morgan fingerprint density at radius 3 is 2.45 bits per heavy atom. The average molecular weight is 359 g/mol. The molecule has 0 atom stereocenters. The minimum atomic E-state index is -3.51. The second-order valence-corrected chi connectivity index (χ2v) is 6.89. The first-order chi connectivity index (χ1) is 9.51. The van der Waals surface area contributed by atoms with E-state index in [0.717, 1.165) is 10.0 Å². The summed E-state index contributed by atoms with van der Waals surface area (Å²) in [6.07, 6.45) is 0. The molecule has 108 valence electrons. The second-order valence-electron chi connectivity index (χ2n) is 4.16. The molecule has 0 saturated heterocycles. The van der Waals surface area contributed by atoms with E-state index in [1.54, 1.807) is 6.07 Å². The molecule has 5 nitrogen and oxygen atoms in total. The maximum absolute atomic E-state index is 11.5. The number of furan rings is 1. The zero-order chi connectivity index (χ0) is 14.6. The lowest BCUT2D eigenvalue weighted by Crippen LogP contribution is -2.17. The second kappa shape index (κ2) is 6.53. The van der Waals surface area contributed by atoms with Gasteiger partial charge in [-0.15, -0.1) is 0 Å². The first kappa shape index (κ1) is 15.2. The minimum absolute atomic E-state index is 0.0690. The first-order valence-electron chi connectivity index (χ1n) is 5.99. The molecule has 1 heterocycles. The summed E-state index contributed by atoms with van der Waals surface area (Å²) in [6, 6.07) is 11.1. The van der Waals surface area contributed by atoms with Crippen LogP contribution in [0, 0.1) is 0 Å². The molecular formula is C13H15BrN2O3S. The van der Waals surface area contributed by atoms with E-state index >= 15 is 0 Å². The molecule has 20 heavy (non-hydrogen) atoms. The van der Waals surface area contributed by atoms with Crippen molar-refractivity contribution in [3.63, 3.8) is 0 Å². The van der Waals surface area contributed by atoms with Crippen molar-refractivity contribution in [1.82, 2.24) is 10.0 Å². The number of rotatable bonds is 6. The maximum atomic E-state index is 11.5. The monoisotopic (exact) mass is 358 g/mol. The third-order valence-electron chi connectivity index (χ3n) is 2.71. The van der Waals surface area contributed by atoms with Gasteiger partial charge >= 0.3 is 0 Å². The van der Waals surface area contributed by atoms with E-state index in [4.69, 9.17) is 4.42 Å². The highest BCUT2D eigenvalue weighted by Crippen LogP contribution is 2.14. The highest BCUT2D eigenvalue weighted by molar-refractivity contribution is 9.10. The van der Waals surface area contributed by atoms with Gasteiger partial charge in [-0.2, -0.15) is 0 Å². The van der Waals surface area contributed by atoms with Gasteiger partial charge in [0.05, 0.1) is 6.54 Å². The van der Waals surface area contributed by atoms with Gasteiger partial charge in [0.1, 0.15) is 5.76 Å². The first-order valence-corrected chi connectivity index (χ1v) is 8.26. The third-order valence-corrected chi connectivity index (χ3v) is 4.53. The molecule has 2 rings (SSSR count). The average Bonchev–Trinajstić information content (AvgIpc) is 2.91. The van der Waals surface area contributed by atoms with Crippen molar-refractivity contribution < 1.29 is 12.8 Å². The van der Waals surface area contributed by atoms with Crippen LogP contribution in [0.25, 0.3) is 0 Å². The lowest BCUT2D eigenvalue weighted by Gasteiger charge is -2.03. The fraction of sp³-hybridized carbons (Fsp3) is 0.231. The normalized spacial score (nSPS) is 11.7. The van der Waals surface area contributed by atoms with E-state index in [1.807, 2.05) is 24.3 Å². The number of hydrogen-bond acceptors (Lipinski definition) is 4. The zero-order valence-electron chi connectivity index (χ0n) is 10.9. The molecule has 0 aliphatic carbocycles. The van der Waals surface area contributed by atoms with Crippen LogP contribution < -0.4 is 10.0 Å². The largest absolute Gasteiger partial charge is 0.447 e. The Kier molecular flexibility index (Phi) is 4.98. The molecule has 1 aromatic heterocycles. The van der Waals surface area contributed by atoms with E-state index in [0.29, 0.717) is 18.8 Å². The fourth-order valence-electron chi connectivity index (χ4n) is 1.63. The zero-order valence-corrected chi connectivity index (χ0v) is 13.3. The Morgan fingerprint density at radius 2 is 1.80 bits per heavy atom. The van der Waals surface area contributed by atoms with Crippen molar-refractivity contribution in [2.24, 2.45) is 0 Å². The lowest BCUT2D eigenvalue weighted by molar-refractivity contribution is 0.400. The van der Waals surface area contributed by atoms with Crippen LogP contribution in [0.1, 0.15) is 11.3 Å². The van der Waals surface area contributed by atoms with Crippen LogP contribution in [-0.4, -0.2) is 15.5 Å². The summed E-state index contributed by atoms with van der Waals surface area (Å²) in [5.74, 6) is 0.580. The molecule has 1 aromatic carbocycles. The lowest BCUT2D eigenvalue weighted by atomic mass is 10.2. The topological polar surface area (TPSA) is 71.3 Å². The van der Waals surface area contributed by atoms with Crippen LogP contribution in [0.3, 0.4) is 0 Å². The molecule has 0 spiro atoms. The predicted molar refractivity (Wildman–Crippen MR) is 79.6 cm³/mol. The highest BCUT2D eigenvalue weighted by Gasteiger charge is 2.15. The van der Waals surface area contributed by atoms with Gasteiger partial charge in [-0.3, -0.25) is 0 Å². The summed E-state index contributed by atoms with van der Waals surface area (Å²) in [6.45, 7) is 1.15. The molecule has 0 amide bonds. The van der Waals surface area contributed by atoms with Crippen LogP contribution in [0.5, 0.6) is 0 Å². The number of sulfonamides is 1. The quantitative estimate of drug-likeness (QED) is 0.830. The Morgan fingerprint density at radius 1 is 1.10 bits per heavy atom. The van der Waals surface area contributed by atoms with Gasteiger partial charge in [0.15, 0.2) is 0 Å². The molecule has 0 aliphatic rings. The van der Waals surface area contributed by atoms with E-state index in [2.05, 4.69) is 26.0 Å². The van der Waals surface area contributed by atoms with Crippen LogP contribution in [0.2, 0.25) is 0 Å². The maximum Gasteiger partial charge on any atom is 0.273 e. The van der Waals surface area contributed by atoms with Gasteiger partial charge < -0.3 is 9.73 Å². The molecule has 0 radical (unpaired) electrons. The fourth-order valence-corrected chi connectivity index (χ4v) is 2.56. The molecule has 0 fully saturated rings. The smallest absolute Gasteiger partial charge is 0.273 e. The molecule has 7 heteroatoms. The van der Waals surface area contributed by atoms with E-state index in [9.17, 15) is 8.42 Å². The molecule has 2 aromatic rings. The molecule has 0 aliphatic heterocycles. The molecule has 2 N–H and O–H groups in total. The summed E-state index contributed by atoms with van der Waals surface area (Å²) >= 11 is 3.38. The number of hydrogen-bond donors (Lipinski definition) is 2. The summed E-state index contributed by atoms with van der Waals surface area (Å²) < 4.78 is 31.5. The van der Waals surface area contributed by atoms with Gasteiger partial charge in [-0.25, -0.2) is 13.1 Å². The molecule has 0 unspecified atom stereocenters.